The Hall–Kier alpha value is -1.92. The molecule has 2 aromatic rings. The predicted octanol–water partition coefficient (Wildman–Crippen LogP) is 2.23. The van der Waals surface area contributed by atoms with Crippen LogP contribution in [0.25, 0.3) is 0 Å². The first-order valence-electron chi connectivity index (χ1n) is 6.74. The number of carbonyl (C=O) groups is 1. The van der Waals surface area contributed by atoms with Crippen molar-refractivity contribution < 1.29 is 14.6 Å². The fourth-order valence-electron chi connectivity index (χ4n) is 2.45. The maximum Gasteiger partial charge on any atom is 0.276 e. The van der Waals surface area contributed by atoms with E-state index >= 15 is 0 Å². The molecule has 0 saturated heterocycles. The van der Waals surface area contributed by atoms with Crippen molar-refractivity contribution in [2.45, 2.75) is 12.5 Å². The molecule has 0 aromatic carbocycles. The van der Waals surface area contributed by atoms with Gasteiger partial charge in [0.2, 0.25) is 0 Å². The summed E-state index contributed by atoms with van der Waals surface area (Å²) in [5.41, 5.74) is 1.23. The first-order chi connectivity index (χ1) is 10.2. The molecule has 1 amide bonds. The number of aromatic nitrogens is 1. The number of fused-ring (bicyclic) bond motifs is 1. The Morgan fingerprint density at radius 2 is 2.43 bits per heavy atom. The minimum absolute atomic E-state index is 0.0707. The second-order valence-electron chi connectivity index (χ2n) is 4.97. The molecule has 1 N–H and O–H groups in total. The maximum absolute atomic E-state index is 12.3. The van der Waals surface area contributed by atoms with E-state index in [1.165, 1.54) is 17.1 Å². The Balaban J connectivity index is 1.75. The molecule has 5 nitrogen and oxygen atoms in total. The maximum atomic E-state index is 12.3. The molecule has 0 radical (unpaired) electrons. The zero-order valence-electron chi connectivity index (χ0n) is 11.7. The molecule has 3 rings (SSSR count). The highest BCUT2D eigenvalue weighted by Gasteiger charge is 2.26. The van der Waals surface area contributed by atoms with Gasteiger partial charge in [-0.3, -0.25) is 4.79 Å². The number of thiophene rings is 1. The van der Waals surface area contributed by atoms with Crippen LogP contribution < -0.4 is 0 Å². The molecule has 2 aromatic heterocycles. The number of rotatable bonds is 3. The number of pyridine rings is 1. The highest BCUT2D eigenvalue weighted by atomic mass is 32.1. The summed E-state index contributed by atoms with van der Waals surface area (Å²) in [5, 5.41) is 11.8. The van der Waals surface area contributed by atoms with Gasteiger partial charge in [-0.25, -0.2) is 4.98 Å². The van der Waals surface area contributed by atoms with E-state index in [4.69, 9.17) is 4.74 Å². The summed E-state index contributed by atoms with van der Waals surface area (Å²) in [4.78, 5) is 19.2. The van der Waals surface area contributed by atoms with Gasteiger partial charge in [0.05, 0.1) is 13.2 Å². The number of ether oxygens (including phenoxy) is 1. The van der Waals surface area contributed by atoms with Gasteiger partial charge in [0, 0.05) is 24.5 Å². The first kappa shape index (κ1) is 14.0. The van der Waals surface area contributed by atoms with E-state index in [0.29, 0.717) is 13.2 Å². The average Bonchev–Trinajstić information content (AvgIpc) is 2.96. The monoisotopic (exact) mass is 304 g/mol. The highest BCUT2D eigenvalue weighted by Crippen LogP contribution is 2.31. The van der Waals surface area contributed by atoms with Gasteiger partial charge in [-0.05, 0) is 29.1 Å². The molecule has 21 heavy (non-hydrogen) atoms. The molecular weight excluding hydrogens is 288 g/mol. The van der Waals surface area contributed by atoms with E-state index in [-0.39, 0.29) is 23.5 Å². The topological polar surface area (TPSA) is 62.7 Å². The van der Waals surface area contributed by atoms with Crippen LogP contribution in [-0.4, -0.2) is 41.1 Å². The minimum atomic E-state index is -0.306. The van der Waals surface area contributed by atoms with Crippen LogP contribution in [0.15, 0.2) is 29.8 Å². The third-order valence-electron chi connectivity index (χ3n) is 3.55. The molecule has 0 aliphatic carbocycles. The molecule has 0 bridgehead atoms. The van der Waals surface area contributed by atoms with E-state index in [1.54, 1.807) is 29.4 Å². The number of aromatic hydroxyl groups is 1. The molecule has 0 fully saturated rings. The zero-order chi connectivity index (χ0) is 14.8. The van der Waals surface area contributed by atoms with Crippen molar-refractivity contribution in [1.82, 2.24) is 9.88 Å². The van der Waals surface area contributed by atoms with Gasteiger partial charge in [0.25, 0.3) is 5.91 Å². The summed E-state index contributed by atoms with van der Waals surface area (Å²) in [6, 6.07) is 5.11. The lowest BCUT2D eigenvalue weighted by Crippen LogP contribution is -2.34. The second kappa shape index (κ2) is 5.83. The summed E-state index contributed by atoms with van der Waals surface area (Å²) in [6.45, 7) is 1.12. The Labute approximate surface area is 126 Å². The van der Waals surface area contributed by atoms with Gasteiger partial charge in [0.15, 0.2) is 5.69 Å². The Morgan fingerprint density at radius 1 is 1.57 bits per heavy atom. The van der Waals surface area contributed by atoms with Crippen LogP contribution in [0.3, 0.4) is 0 Å². The lowest BCUT2D eigenvalue weighted by molar-refractivity contribution is 0.0207. The third kappa shape index (κ3) is 2.77. The van der Waals surface area contributed by atoms with Crippen molar-refractivity contribution >= 4 is 17.2 Å². The van der Waals surface area contributed by atoms with Gasteiger partial charge in [0.1, 0.15) is 11.9 Å². The van der Waals surface area contributed by atoms with Gasteiger partial charge >= 0.3 is 0 Å². The number of carbonyl (C=O) groups excluding carboxylic acids is 1. The van der Waals surface area contributed by atoms with Crippen LogP contribution in [0, 0.1) is 0 Å². The first-order valence-corrected chi connectivity index (χ1v) is 7.62. The highest BCUT2D eigenvalue weighted by molar-refractivity contribution is 7.10. The summed E-state index contributed by atoms with van der Waals surface area (Å²) >= 11 is 1.73. The van der Waals surface area contributed by atoms with Crippen LogP contribution in [-0.2, 0) is 11.2 Å². The second-order valence-corrected chi connectivity index (χ2v) is 5.97. The molecule has 1 aliphatic rings. The molecule has 110 valence electrons. The fraction of sp³-hybridized carbons (Fsp3) is 0.333. The molecular formula is C15H16N2O3S. The molecule has 3 heterocycles. The SMILES string of the molecule is CN(CC1OCCc2sccc21)C(=O)c1ncccc1O. The molecule has 1 aliphatic heterocycles. The summed E-state index contributed by atoms with van der Waals surface area (Å²) in [5.74, 6) is -0.408. The smallest absolute Gasteiger partial charge is 0.276 e. The lowest BCUT2D eigenvalue weighted by atomic mass is 10.1. The van der Waals surface area contributed by atoms with Crippen LogP contribution >= 0.6 is 11.3 Å². The van der Waals surface area contributed by atoms with Gasteiger partial charge in [-0.2, -0.15) is 0 Å². The van der Waals surface area contributed by atoms with Crippen LogP contribution in [0.4, 0.5) is 0 Å². The van der Waals surface area contributed by atoms with E-state index in [1.807, 2.05) is 0 Å². The standard InChI is InChI=1S/C15H16N2O3S/c1-17(15(19)14-11(18)3-2-6-16-14)9-12-10-5-8-21-13(10)4-7-20-12/h2-3,5-6,8,12,18H,4,7,9H2,1H3. The predicted molar refractivity (Wildman–Crippen MR) is 79.6 cm³/mol. The van der Waals surface area contributed by atoms with Crippen LogP contribution in [0.1, 0.15) is 27.0 Å². The number of hydrogen-bond acceptors (Lipinski definition) is 5. The number of amides is 1. The Bertz CT molecular complexity index is 656. The van der Waals surface area contributed by atoms with E-state index in [2.05, 4.69) is 16.4 Å². The summed E-state index contributed by atoms with van der Waals surface area (Å²) in [7, 11) is 1.69. The quantitative estimate of drug-likeness (QED) is 0.944. The number of nitrogens with zero attached hydrogens (tertiary/aromatic N) is 2. The molecule has 0 saturated carbocycles. The summed E-state index contributed by atoms with van der Waals surface area (Å²) in [6.07, 6.45) is 2.32. The van der Waals surface area contributed by atoms with Crippen molar-refractivity contribution in [1.29, 1.82) is 0 Å². The van der Waals surface area contributed by atoms with Gasteiger partial charge in [-0.15, -0.1) is 11.3 Å². The van der Waals surface area contributed by atoms with Crippen molar-refractivity contribution in [2.24, 2.45) is 0 Å². The van der Waals surface area contributed by atoms with Gasteiger partial charge in [-0.1, -0.05) is 0 Å². The fourth-order valence-corrected chi connectivity index (χ4v) is 3.37. The van der Waals surface area contributed by atoms with E-state index in [0.717, 1.165) is 12.0 Å². The van der Waals surface area contributed by atoms with Crippen LogP contribution in [0.2, 0.25) is 0 Å². The largest absolute Gasteiger partial charge is 0.505 e. The van der Waals surface area contributed by atoms with Gasteiger partial charge < -0.3 is 14.7 Å². The molecule has 1 atom stereocenters. The van der Waals surface area contributed by atoms with Crippen molar-refractivity contribution in [2.75, 3.05) is 20.2 Å². The molecule has 6 heteroatoms. The Morgan fingerprint density at radius 3 is 3.24 bits per heavy atom. The minimum Gasteiger partial charge on any atom is -0.505 e. The normalized spacial score (nSPS) is 17.3. The van der Waals surface area contributed by atoms with Crippen molar-refractivity contribution in [3.05, 3.63) is 45.9 Å². The van der Waals surface area contributed by atoms with Crippen molar-refractivity contribution in [3.63, 3.8) is 0 Å². The molecule has 1 unspecified atom stereocenters. The van der Waals surface area contributed by atoms with E-state index in [9.17, 15) is 9.90 Å². The average molecular weight is 304 g/mol. The number of hydrogen-bond donors (Lipinski definition) is 1. The molecule has 0 spiro atoms. The lowest BCUT2D eigenvalue weighted by Gasteiger charge is -2.27. The zero-order valence-corrected chi connectivity index (χ0v) is 12.5. The third-order valence-corrected chi connectivity index (χ3v) is 4.55. The van der Waals surface area contributed by atoms with Crippen molar-refractivity contribution in [3.8, 4) is 5.75 Å². The Kier molecular flexibility index (Phi) is 3.90. The number of likely N-dealkylation sites (N-methyl/N-ethyl adjacent to an activating group) is 1. The van der Waals surface area contributed by atoms with Crippen LogP contribution in [0.5, 0.6) is 5.75 Å². The summed E-state index contributed by atoms with van der Waals surface area (Å²) < 4.78 is 5.78. The van der Waals surface area contributed by atoms with E-state index < -0.39 is 0 Å².